The quantitative estimate of drug-likeness (QED) is 0.591. The molecule has 8 heteroatoms. The molecule has 0 radical (unpaired) electrons. The van der Waals surface area contributed by atoms with Gasteiger partial charge in [0, 0.05) is 20.2 Å². The number of thioether (sulfide) groups is 1. The summed E-state index contributed by atoms with van der Waals surface area (Å²) in [5, 5.41) is 2.81. The first-order valence-corrected chi connectivity index (χ1v) is 9.58. The molecule has 1 unspecified atom stereocenters. The van der Waals surface area contributed by atoms with Crippen molar-refractivity contribution in [3.8, 4) is 5.75 Å². The predicted octanol–water partition coefficient (Wildman–Crippen LogP) is 2.19. The normalized spacial score (nSPS) is 21.5. The van der Waals surface area contributed by atoms with Crippen molar-refractivity contribution in [2.75, 3.05) is 26.8 Å². The van der Waals surface area contributed by atoms with E-state index in [1.165, 1.54) is 16.7 Å². The van der Waals surface area contributed by atoms with Gasteiger partial charge in [-0.05, 0) is 36.6 Å². The van der Waals surface area contributed by atoms with Gasteiger partial charge in [0.25, 0.3) is 11.8 Å². The maximum Gasteiger partial charge on any atom is 0.265 e. The second-order valence-electron chi connectivity index (χ2n) is 6.04. The first-order chi connectivity index (χ1) is 12.5. The van der Waals surface area contributed by atoms with Gasteiger partial charge in [-0.2, -0.15) is 0 Å². The van der Waals surface area contributed by atoms with Crippen LogP contribution < -0.4 is 10.1 Å². The van der Waals surface area contributed by atoms with Crippen LogP contribution >= 0.6 is 24.0 Å². The fraction of sp³-hybridized carbons (Fsp3) is 0.389. The average Bonchev–Trinajstić information content (AvgIpc) is 3.24. The van der Waals surface area contributed by atoms with E-state index in [4.69, 9.17) is 21.7 Å². The van der Waals surface area contributed by atoms with Gasteiger partial charge in [-0.15, -0.1) is 0 Å². The number of carbonyl (C=O) groups excluding carboxylic acids is 2. The van der Waals surface area contributed by atoms with Gasteiger partial charge in [0.2, 0.25) is 0 Å². The Morgan fingerprint density at radius 2 is 2.23 bits per heavy atom. The van der Waals surface area contributed by atoms with Crippen LogP contribution in [-0.4, -0.2) is 53.9 Å². The molecule has 0 aliphatic carbocycles. The molecule has 3 rings (SSSR count). The van der Waals surface area contributed by atoms with Gasteiger partial charge >= 0.3 is 0 Å². The van der Waals surface area contributed by atoms with Crippen molar-refractivity contribution in [1.29, 1.82) is 0 Å². The van der Waals surface area contributed by atoms with E-state index in [0.717, 1.165) is 25.0 Å². The lowest BCUT2D eigenvalue weighted by atomic mass is 10.2. The number of amides is 2. The molecule has 0 saturated carbocycles. The summed E-state index contributed by atoms with van der Waals surface area (Å²) in [7, 11) is 1.67. The summed E-state index contributed by atoms with van der Waals surface area (Å²) in [5.41, 5.74) is 0.870. The first-order valence-electron chi connectivity index (χ1n) is 8.35. The van der Waals surface area contributed by atoms with Crippen molar-refractivity contribution in [2.45, 2.75) is 18.9 Å². The van der Waals surface area contributed by atoms with Crippen molar-refractivity contribution >= 4 is 46.2 Å². The third kappa shape index (κ3) is 4.84. The van der Waals surface area contributed by atoms with Crippen molar-refractivity contribution in [3.63, 3.8) is 0 Å². The van der Waals surface area contributed by atoms with Crippen LogP contribution in [0.2, 0.25) is 0 Å². The Morgan fingerprint density at radius 3 is 2.85 bits per heavy atom. The van der Waals surface area contributed by atoms with E-state index in [0.29, 0.717) is 21.5 Å². The second kappa shape index (κ2) is 8.66. The standard InChI is InChI=1S/C18H20N2O4S2/c1-20-17(22)15(26-18(20)25)9-12-4-6-13(7-5-12)24-11-16(21)19-10-14-3-2-8-23-14/h4-7,9,14H,2-3,8,10-11H2,1H3,(H,19,21). The molecule has 1 N–H and O–H groups in total. The van der Waals surface area contributed by atoms with Crippen molar-refractivity contribution in [3.05, 3.63) is 34.7 Å². The summed E-state index contributed by atoms with van der Waals surface area (Å²) >= 11 is 6.39. The third-order valence-electron chi connectivity index (χ3n) is 4.09. The summed E-state index contributed by atoms with van der Waals surface area (Å²) < 4.78 is 11.5. The molecule has 1 atom stereocenters. The number of nitrogens with zero attached hydrogens (tertiary/aromatic N) is 1. The molecule has 0 bridgehead atoms. The van der Waals surface area contributed by atoms with Crippen molar-refractivity contribution < 1.29 is 19.1 Å². The van der Waals surface area contributed by atoms with E-state index in [2.05, 4.69) is 5.32 Å². The monoisotopic (exact) mass is 392 g/mol. The largest absolute Gasteiger partial charge is 0.484 e. The van der Waals surface area contributed by atoms with E-state index >= 15 is 0 Å². The molecule has 0 aromatic heterocycles. The Hall–Kier alpha value is -1.90. The lowest BCUT2D eigenvalue weighted by Gasteiger charge is -2.11. The molecule has 2 aliphatic heterocycles. The predicted molar refractivity (Wildman–Crippen MR) is 105 cm³/mol. The zero-order chi connectivity index (χ0) is 18.5. The number of carbonyl (C=O) groups is 2. The Labute approximate surface area is 161 Å². The first kappa shape index (κ1) is 18.9. The molecule has 2 aliphatic rings. The van der Waals surface area contributed by atoms with Crippen LogP contribution in [0.3, 0.4) is 0 Å². The number of hydrogen-bond acceptors (Lipinski definition) is 6. The van der Waals surface area contributed by atoms with Gasteiger partial charge in [0.15, 0.2) is 6.61 Å². The second-order valence-corrected chi connectivity index (χ2v) is 7.71. The molecule has 1 aromatic carbocycles. The molecule has 2 heterocycles. The van der Waals surface area contributed by atoms with Gasteiger partial charge in [-0.25, -0.2) is 0 Å². The van der Waals surface area contributed by atoms with E-state index in [-0.39, 0.29) is 24.5 Å². The van der Waals surface area contributed by atoms with E-state index < -0.39 is 0 Å². The minimum atomic E-state index is -0.170. The maximum absolute atomic E-state index is 12.0. The minimum absolute atomic E-state index is 0.0411. The maximum atomic E-state index is 12.0. The Kier molecular flexibility index (Phi) is 6.29. The molecule has 1 aromatic rings. The molecule has 2 fully saturated rings. The van der Waals surface area contributed by atoms with Gasteiger partial charge in [-0.3, -0.25) is 14.5 Å². The number of likely N-dealkylation sites (N-methyl/N-ethyl adjacent to an activating group) is 1. The molecular weight excluding hydrogens is 372 g/mol. The molecule has 2 saturated heterocycles. The Morgan fingerprint density at radius 1 is 1.46 bits per heavy atom. The number of nitrogens with one attached hydrogen (secondary N) is 1. The SMILES string of the molecule is CN1C(=O)C(=Cc2ccc(OCC(=O)NCC3CCCO3)cc2)SC1=S. The average molecular weight is 393 g/mol. The van der Waals surface area contributed by atoms with Crippen LogP contribution in [-0.2, 0) is 14.3 Å². The van der Waals surface area contributed by atoms with Crippen LogP contribution in [0.15, 0.2) is 29.2 Å². The molecule has 6 nitrogen and oxygen atoms in total. The van der Waals surface area contributed by atoms with Crippen LogP contribution in [0.5, 0.6) is 5.75 Å². The number of hydrogen-bond donors (Lipinski definition) is 1. The smallest absolute Gasteiger partial charge is 0.265 e. The lowest BCUT2D eigenvalue weighted by Crippen LogP contribution is -2.35. The zero-order valence-corrected chi connectivity index (χ0v) is 16.0. The highest BCUT2D eigenvalue weighted by Gasteiger charge is 2.28. The van der Waals surface area contributed by atoms with Crippen molar-refractivity contribution in [1.82, 2.24) is 10.2 Å². The van der Waals surface area contributed by atoms with Crippen LogP contribution in [0.4, 0.5) is 0 Å². The zero-order valence-electron chi connectivity index (χ0n) is 14.4. The number of ether oxygens (including phenoxy) is 2. The van der Waals surface area contributed by atoms with Crippen molar-refractivity contribution in [2.24, 2.45) is 0 Å². The molecule has 0 spiro atoms. The highest BCUT2D eigenvalue weighted by molar-refractivity contribution is 8.26. The molecular formula is C18H20N2O4S2. The van der Waals surface area contributed by atoms with Crippen LogP contribution in [0, 0.1) is 0 Å². The fourth-order valence-electron chi connectivity index (χ4n) is 2.59. The summed E-state index contributed by atoms with van der Waals surface area (Å²) in [6.45, 7) is 1.25. The summed E-state index contributed by atoms with van der Waals surface area (Å²) in [6.07, 6.45) is 3.95. The van der Waals surface area contributed by atoms with Gasteiger partial charge in [0.05, 0.1) is 11.0 Å². The van der Waals surface area contributed by atoms with Crippen LogP contribution in [0.1, 0.15) is 18.4 Å². The molecule has 26 heavy (non-hydrogen) atoms. The third-order valence-corrected chi connectivity index (χ3v) is 5.57. The van der Waals surface area contributed by atoms with Gasteiger partial charge in [-0.1, -0.05) is 36.1 Å². The Bertz CT molecular complexity index is 727. The minimum Gasteiger partial charge on any atom is -0.484 e. The summed E-state index contributed by atoms with van der Waals surface area (Å²) in [6, 6.07) is 7.21. The van der Waals surface area contributed by atoms with Gasteiger partial charge < -0.3 is 14.8 Å². The topological polar surface area (TPSA) is 67.9 Å². The highest BCUT2D eigenvalue weighted by atomic mass is 32.2. The van der Waals surface area contributed by atoms with E-state index in [1.54, 1.807) is 25.3 Å². The molecule has 2 amide bonds. The lowest BCUT2D eigenvalue weighted by molar-refractivity contribution is -0.123. The fourth-order valence-corrected chi connectivity index (χ4v) is 3.77. The van der Waals surface area contributed by atoms with E-state index in [1.807, 2.05) is 12.1 Å². The van der Waals surface area contributed by atoms with Gasteiger partial charge in [0.1, 0.15) is 10.1 Å². The number of benzene rings is 1. The number of thiocarbonyl (C=S) groups is 1. The summed E-state index contributed by atoms with van der Waals surface area (Å²) in [4.78, 5) is 25.9. The highest BCUT2D eigenvalue weighted by Crippen LogP contribution is 2.31. The van der Waals surface area contributed by atoms with E-state index in [9.17, 15) is 9.59 Å². The van der Waals surface area contributed by atoms with Crippen LogP contribution in [0.25, 0.3) is 6.08 Å². The molecule has 138 valence electrons. The Balaban J connectivity index is 1.48. The number of rotatable bonds is 6. The summed E-state index contributed by atoms with van der Waals surface area (Å²) in [5.74, 6) is 0.330.